The van der Waals surface area contributed by atoms with Gasteiger partial charge in [0.25, 0.3) is 0 Å². The Balaban J connectivity index is 2.76. The smallest absolute Gasteiger partial charge is 0.390 e. The summed E-state index contributed by atoms with van der Waals surface area (Å²) in [5.74, 6) is 0. The SMILES string of the molecule is CCOC(CON=C(c1ccccc1)C(F)(F)F)OCC. The van der Waals surface area contributed by atoms with Crippen molar-refractivity contribution in [3.05, 3.63) is 35.9 Å². The Hall–Kier alpha value is -1.60. The largest absolute Gasteiger partial charge is 0.437 e. The van der Waals surface area contributed by atoms with Gasteiger partial charge in [0, 0.05) is 18.8 Å². The van der Waals surface area contributed by atoms with Gasteiger partial charge in [0.2, 0.25) is 0 Å². The van der Waals surface area contributed by atoms with Gasteiger partial charge in [-0.15, -0.1) is 0 Å². The minimum atomic E-state index is -4.60. The lowest BCUT2D eigenvalue weighted by Crippen LogP contribution is -2.26. The van der Waals surface area contributed by atoms with E-state index in [0.29, 0.717) is 13.2 Å². The molecule has 1 aromatic rings. The van der Waals surface area contributed by atoms with Crippen LogP contribution in [0.15, 0.2) is 35.5 Å². The molecule has 7 heteroatoms. The Kier molecular flexibility index (Phi) is 7.18. The lowest BCUT2D eigenvalue weighted by atomic mass is 10.1. The van der Waals surface area contributed by atoms with E-state index in [2.05, 4.69) is 5.16 Å². The van der Waals surface area contributed by atoms with Crippen LogP contribution in [0.2, 0.25) is 0 Å². The molecule has 1 rings (SSSR count). The van der Waals surface area contributed by atoms with Gasteiger partial charge in [-0.05, 0) is 13.8 Å². The van der Waals surface area contributed by atoms with E-state index in [4.69, 9.17) is 14.3 Å². The summed E-state index contributed by atoms with van der Waals surface area (Å²) in [4.78, 5) is 4.76. The van der Waals surface area contributed by atoms with E-state index >= 15 is 0 Å². The van der Waals surface area contributed by atoms with Crippen molar-refractivity contribution in [1.82, 2.24) is 0 Å². The van der Waals surface area contributed by atoms with Crippen molar-refractivity contribution >= 4 is 5.71 Å². The molecule has 0 atom stereocenters. The van der Waals surface area contributed by atoms with E-state index in [1.807, 2.05) is 0 Å². The third-order valence-electron chi connectivity index (χ3n) is 2.39. The molecule has 0 aliphatic rings. The van der Waals surface area contributed by atoms with Crippen molar-refractivity contribution in [2.24, 2.45) is 5.16 Å². The summed E-state index contributed by atoms with van der Waals surface area (Å²) in [6.07, 6.45) is -5.34. The third-order valence-corrected chi connectivity index (χ3v) is 2.39. The van der Waals surface area contributed by atoms with E-state index < -0.39 is 18.2 Å². The Bertz CT molecular complexity index is 429. The Morgan fingerprint density at radius 2 is 1.67 bits per heavy atom. The first kappa shape index (κ1) is 17.5. The monoisotopic (exact) mass is 305 g/mol. The number of hydrogen-bond acceptors (Lipinski definition) is 4. The number of ether oxygens (including phenoxy) is 2. The number of nitrogens with zero attached hydrogens (tertiary/aromatic N) is 1. The van der Waals surface area contributed by atoms with Gasteiger partial charge in [-0.3, -0.25) is 0 Å². The average Bonchev–Trinajstić information content (AvgIpc) is 2.43. The average molecular weight is 305 g/mol. The molecule has 0 radical (unpaired) electrons. The molecule has 0 aromatic heterocycles. The maximum atomic E-state index is 13.0. The quantitative estimate of drug-likeness (QED) is 0.420. The van der Waals surface area contributed by atoms with Crippen LogP contribution in [0.1, 0.15) is 19.4 Å². The molecule has 4 nitrogen and oxygen atoms in total. The zero-order valence-corrected chi connectivity index (χ0v) is 11.9. The molecule has 0 fully saturated rings. The van der Waals surface area contributed by atoms with E-state index in [9.17, 15) is 13.2 Å². The van der Waals surface area contributed by atoms with Crippen LogP contribution in [0, 0.1) is 0 Å². The van der Waals surface area contributed by atoms with Gasteiger partial charge in [-0.2, -0.15) is 13.2 Å². The molecule has 118 valence electrons. The molecule has 0 unspecified atom stereocenters. The minimum absolute atomic E-state index is 0.0608. The van der Waals surface area contributed by atoms with E-state index in [1.165, 1.54) is 24.3 Å². The Morgan fingerprint density at radius 3 is 2.14 bits per heavy atom. The summed E-state index contributed by atoms with van der Waals surface area (Å²) >= 11 is 0. The fraction of sp³-hybridized carbons (Fsp3) is 0.500. The van der Waals surface area contributed by atoms with Crippen LogP contribution in [0.3, 0.4) is 0 Å². The number of alkyl halides is 3. The van der Waals surface area contributed by atoms with Gasteiger partial charge in [0.15, 0.2) is 18.6 Å². The maximum Gasteiger partial charge on any atom is 0.437 e. The van der Waals surface area contributed by atoms with Gasteiger partial charge in [0.05, 0.1) is 0 Å². The molecule has 0 spiro atoms. The zero-order chi connectivity index (χ0) is 15.7. The molecule has 1 aromatic carbocycles. The van der Waals surface area contributed by atoms with Gasteiger partial charge in [0.1, 0.15) is 0 Å². The molecule has 0 aliphatic heterocycles. The molecular weight excluding hydrogens is 287 g/mol. The molecule has 0 aliphatic carbocycles. The lowest BCUT2D eigenvalue weighted by molar-refractivity contribution is -0.168. The molecule has 0 bridgehead atoms. The number of halogens is 3. The number of hydrogen-bond donors (Lipinski definition) is 0. The van der Waals surface area contributed by atoms with Crippen molar-refractivity contribution in [3.63, 3.8) is 0 Å². The predicted octanol–water partition coefficient (Wildman–Crippen LogP) is 3.37. The van der Waals surface area contributed by atoms with Crippen LogP contribution in [0.25, 0.3) is 0 Å². The van der Waals surface area contributed by atoms with Crippen LogP contribution >= 0.6 is 0 Å². The summed E-state index contributed by atoms with van der Waals surface area (Å²) in [5.41, 5.74) is -1.15. The Labute approximate surface area is 121 Å². The van der Waals surface area contributed by atoms with Gasteiger partial charge < -0.3 is 14.3 Å². The zero-order valence-electron chi connectivity index (χ0n) is 11.9. The molecule has 0 amide bonds. The highest BCUT2D eigenvalue weighted by molar-refractivity contribution is 6.04. The summed E-state index contributed by atoms with van der Waals surface area (Å²) in [5, 5.41) is 3.20. The normalized spacial score (nSPS) is 12.8. The second kappa shape index (κ2) is 8.63. The highest BCUT2D eigenvalue weighted by atomic mass is 19.4. The van der Waals surface area contributed by atoms with Crippen LogP contribution in [-0.4, -0.2) is 38.0 Å². The summed E-state index contributed by atoms with van der Waals surface area (Å²) in [6.45, 7) is 4.01. The predicted molar refractivity (Wildman–Crippen MR) is 72.0 cm³/mol. The molecule has 0 heterocycles. The first-order valence-electron chi connectivity index (χ1n) is 6.54. The van der Waals surface area contributed by atoms with Gasteiger partial charge in [-0.1, -0.05) is 35.5 Å². The number of rotatable bonds is 8. The summed E-state index contributed by atoms with van der Waals surface area (Å²) in [7, 11) is 0. The second-order valence-corrected chi connectivity index (χ2v) is 3.94. The number of benzene rings is 1. The van der Waals surface area contributed by atoms with Crippen molar-refractivity contribution in [2.45, 2.75) is 26.3 Å². The van der Waals surface area contributed by atoms with Crippen LogP contribution in [-0.2, 0) is 14.3 Å². The Morgan fingerprint density at radius 1 is 1.10 bits per heavy atom. The first-order valence-corrected chi connectivity index (χ1v) is 6.54. The summed E-state index contributed by atoms with van der Waals surface area (Å²) in [6, 6.07) is 7.26. The third kappa shape index (κ3) is 6.14. The second-order valence-electron chi connectivity index (χ2n) is 3.94. The minimum Gasteiger partial charge on any atom is -0.390 e. The van der Waals surface area contributed by atoms with E-state index in [-0.39, 0.29) is 12.2 Å². The maximum absolute atomic E-state index is 13.0. The molecule has 0 saturated heterocycles. The van der Waals surface area contributed by atoms with Gasteiger partial charge in [-0.25, -0.2) is 0 Å². The highest BCUT2D eigenvalue weighted by Gasteiger charge is 2.37. The fourth-order valence-electron chi connectivity index (χ4n) is 1.54. The van der Waals surface area contributed by atoms with E-state index in [1.54, 1.807) is 19.9 Å². The standard InChI is InChI=1S/C14H18F3NO3/c1-3-19-12(20-4-2)10-21-18-13(14(15,16)17)11-8-6-5-7-9-11/h5-9,12H,3-4,10H2,1-2H3. The van der Waals surface area contributed by atoms with Crippen molar-refractivity contribution in [1.29, 1.82) is 0 Å². The highest BCUT2D eigenvalue weighted by Crippen LogP contribution is 2.22. The molecule has 0 N–H and O–H groups in total. The van der Waals surface area contributed by atoms with Gasteiger partial charge >= 0.3 is 6.18 Å². The van der Waals surface area contributed by atoms with E-state index in [0.717, 1.165) is 0 Å². The lowest BCUT2D eigenvalue weighted by Gasteiger charge is -2.16. The molecule has 21 heavy (non-hydrogen) atoms. The topological polar surface area (TPSA) is 40.0 Å². The van der Waals surface area contributed by atoms with Crippen molar-refractivity contribution in [2.75, 3.05) is 19.8 Å². The number of oxime groups is 1. The van der Waals surface area contributed by atoms with Crippen LogP contribution in [0.4, 0.5) is 13.2 Å². The molecular formula is C14H18F3NO3. The summed E-state index contributed by atoms with van der Waals surface area (Å²) < 4.78 is 49.2. The molecule has 0 saturated carbocycles. The van der Waals surface area contributed by atoms with Crippen molar-refractivity contribution in [3.8, 4) is 0 Å². The van der Waals surface area contributed by atoms with Crippen LogP contribution < -0.4 is 0 Å². The van der Waals surface area contributed by atoms with Crippen molar-refractivity contribution < 1.29 is 27.5 Å². The fourth-order valence-corrected chi connectivity index (χ4v) is 1.54. The first-order chi connectivity index (χ1) is 9.99. The van der Waals surface area contributed by atoms with Crippen LogP contribution in [0.5, 0.6) is 0 Å².